The maximum absolute atomic E-state index is 12.4. The van der Waals surface area contributed by atoms with E-state index in [1.165, 1.54) is 11.3 Å². The second-order valence-corrected chi connectivity index (χ2v) is 8.29. The molecule has 0 radical (unpaired) electrons. The number of likely N-dealkylation sites (tertiary alicyclic amines) is 1. The lowest BCUT2D eigenvalue weighted by Gasteiger charge is -2.25. The van der Waals surface area contributed by atoms with E-state index in [1.807, 2.05) is 6.07 Å². The fourth-order valence-electron chi connectivity index (χ4n) is 2.42. The van der Waals surface area contributed by atoms with Crippen molar-refractivity contribution in [2.75, 3.05) is 19.6 Å². The van der Waals surface area contributed by atoms with Crippen molar-refractivity contribution in [2.24, 2.45) is 11.1 Å². The van der Waals surface area contributed by atoms with Crippen molar-refractivity contribution in [3.8, 4) is 0 Å². The molecule has 3 N–H and O–H groups in total. The maximum Gasteiger partial charge on any atom is 0.262 e. The summed E-state index contributed by atoms with van der Waals surface area (Å²) in [5.41, 5.74) is 5.75. The Morgan fingerprint density at radius 2 is 2.23 bits per heavy atom. The fraction of sp³-hybridized carbons (Fsp3) is 0.571. The first kappa shape index (κ1) is 19.4. The molecular weight excluding hydrogens is 390 g/mol. The van der Waals surface area contributed by atoms with Crippen LogP contribution in [0.15, 0.2) is 15.9 Å². The van der Waals surface area contributed by atoms with E-state index in [0.29, 0.717) is 24.5 Å². The lowest BCUT2D eigenvalue weighted by molar-refractivity contribution is -0.132. The van der Waals surface area contributed by atoms with Crippen LogP contribution in [0.25, 0.3) is 0 Å². The highest BCUT2D eigenvalue weighted by molar-refractivity contribution is 9.11. The Morgan fingerprint density at radius 1 is 1.55 bits per heavy atom. The number of halogens is 2. The van der Waals surface area contributed by atoms with E-state index in [1.54, 1.807) is 17.9 Å². The van der Waals surface area contributed by atoms with Crippen LogP contribution >= 0.6 is 39.7 Å². The number of hydrogen-bond donors (Lipinski definition) is 2. The molecule has 124 valence electrons. The molecule has 5 nitrogen and oxygen atoms in total. The highest BCUT2D eigenvalue weighted by Crippen LogP contribution is 2.28. The minimum Gasteiger partial charge on any atom is -0.340 e. The first-order valence-electron chi connectivity index (χ1n) is 6.90. The average molecular weight is 411 g/mol. The standard InChI is InChI=1S/C14H20BrN3O2S.ClH/c1-9(17-12(19)10-3-4-11(15)21-10)13(20)18-6-5-14(2,7-16)8-18;/h3-4,9H,5-8,16H2,1-2H3,(H,17,19);1H. The van der Waals surface area contributed by atoms with Crippen LogP contribution < -0.4 is 11.1 Å². The summed E-state index contributed by atoms with van der Waals surface area (Å²) in [5, 5.41) is 2.76. The van der Waals surface area contributed by atoms with Gasteiger partial charge in [0.1, 0.15) is 6.04 Å². The topological polar surface area (TPSA) is 75.4 Å². The Hall–Kier alpha value is -0.630. The van der Waals surface area contributed by atoms with Gasteiger partial charge in [-0.15, -0.1) is 23.7 Å². The molecule has 0 aromatic carbocycles. The number of nitrogens with two attached hydrogens (primary N) is 1. The van der Waals surface area contributed by atoms with E-state index in [9.17, 15) is 9.59 Å². The summed E-state index contributed by atoms with van der Waals surface area (Å²) in [6.07, 6.45) is 0.910. The average Bonchev–Trinajstić information content (AvgIpc) is 3.05. The SMILES string of the molecule is CC(NC(=O)c1ccc(Br)s1)C(=O)N1CCC(C)(CN)C1.Cl. The number of amides is 2. The lowest BCUT2D eigenvalue weighted by atomic mass is 9.90. The van der Waals surface area contributed by atoms with Crippen LogP contribution in [-0.2, 0) is 4.79 Å². The van der Waals surface area contributed by atoms with Crippen LogP contribution in [0.3, 0.4) is 0 Å². The van der Waals surface area contributed by atoms with Crippen LogP contribution in [0.1, 0.15) is 29.9 Å². The Labute approximate surface area is 149 Å². The van der Waals surface area contributed by atoms with Gasteiger partial charge in [0.15, 0.2) is 0 Å². The van der Waals surface area contributed by atoms with Crippen molar-refractivity contribution in [3.05, 3.63) is 20.8 Å². The van der Waals surface area contributed by atoms with E-state index < -0.39 is 6.04 Å². The Balaban J connectivity index is 0.00000242. The fourth-order valence-corrected chi connectivity index (χ4v) is 3.71. The quantitative estimate of drug-likeness (QED) is 0.799. The third-order valence-corrected chi connectivity index (χ3v) is 5.50. The second kappa shape index (κ2) is 7.77. The number of nitrogens with one attached hydrogen (secondary N) is 1. The second-order valence-electron chi connectivity index (χ2n) is 5.82. The Bertz CT molecular complexity index is 554. The molecule has 1 aliphatic rings. The van der Waals surface area contributed by atoms with Gasteiger partial charge in [0, 0.05) is 13.1 Å². The minimum absolute atomic E-state index is 0. The molecule has 0 saturated carbocycles. The van der Waals surface area contributed by atoms with Gasteiger partial charge >= 0.3 is 0 Å². The van der Waals surface area contributed by atoms with Crippen LogP contribution in [0.5, 0.6) is 0 Å². The van der Waals surface area contributed by atoms with Crippen molar-refractivity contribution < 1.29 is 9.59 Å². The molecule has 2 heterocycles. The largest absolute Gasteiger partial charge is 0.340 e. The zero-order valence-electron chi connectivity index (χ0n) is 12.6. The summed E-state index contributed by atoms with van der Waals surface area (Å²) >= 11 is 4.67. The number of nitrogens with zero attached hydrogens (tertiary/aromatic N) is 1. The molecule has 1 aliphatic heterocycles. The van der Waals surface area contributed by atoms with Crippen molar-refractivity contribution in [1.29, 1.82) is 0 Å². The van der Waals surface area contributed by atoms with Crippen LogP contribution in [-0.4, -0.2) is 42.4 Å². The van der Waals surface area contributed by atoms with Gasteiger partial charge < -0.3 is 16.0 Å². The van der Waals surface area contributed by atoms with Crippen molar-refractivity contribution in [3.63, 3.8) is 0 Å². The predicted octanol–water partition coefficient (Wildman–Crippen LogP) is 2.25. The number of thiophene rings is 1. The first-order chi connectivity index (χ1) is 9.84. The zero-order valence-corrected chi connectivity index (χ0v) is 15.8. The summed E-state index contributed by atoms with van der Waals surface area (Å²) in [6.45, 7) is 5.75. The number of carbonyl (C=O) groups is 2. The predicted molar refractivity (Wildman–Crippen MR) is 94.6 cm³/mol. The van der Waals surface area contributed by atoms with Gasteiger partial charge in [-0.2, -0.15) is 0 Å². The summed E-state index contributed by atoms with van der Waals surface area (Å²) < 4.78 is 0.893. The van der Waals surface area contributed by atoms with E-state index in [2.05, 4.69) is 28.2 Å². The first-order valence-corrected chi connectivity index (χ1v) is 8.51. The molecule has 1 saturated heterocycles. The summed E-state index contributed by atoms with van der Waals surface area (Å²) in [4.78, 5) is 26.8. The molecule has 1 fully saturated rings. The zero-order chi connectivity index (χ0) is 15.6. The molecule has 0 bridgehead atoms. The third kappa shape index (κ3) is 4.44. The third-order valence-electron chi connectivity index (χ3n) is 3.88. The summed E-state index contributed by atoms with van der Waals surface area (Å²) in [7, 11) is 0. The summed E-state index contributed by atoms with van der Waals surface area (Å²) in [5.74, 6) is -0.261. The maximum atomic E-state index is 12.4. The summed E-state index contributed by atoms with van der Waals surface area (Å²) in [6, 6.07) is 3.03. The smallest absolute Gasteiger partial charge is 0.262 e. The molecule has 0 aliphatic carbocycles. The molecule has 2 unspecified atom stereocenters. The van der Waals surface area contributed by atoms with Gasteiger partial charge in [0.05, 0.1) is 8.66 Å². The van der Waals surface area contributed by atoms with Gasteiger partial charge in [0.2, 0.25) is 5.91 Å². The number of carbonyl (C=O) groups excluding carboxylic acids is 2. The van der Waals surface area contributed by atoms with E-state index in [-0.39, 0.29) is 29.6 Å². The molecule has 2 rings (SSSR count). The highest BCUT2D eigenvalue weighted by Gasteiger charge is 2.36. The van der Waals surface area contributed by atoms with E-state index >= 15 is 0 Å². The van der Waals surface area contributed by atoms with Gasteiger partial charge in [-0.3, -0.25) is 9.59 Å². The lowest BCUT2D eigenvalue weighted by Crippen LogP contribution is -2.46. The van der Waals surface area contributed by atoms with Crippen LogP contribution in [0.4, 0.5) is 0 Å². The Kier molecular flexibility index (Phi) is 6.85. The highest BCUT2D eigenvalue weighted by atomic mass is 79.9. The molecule has 2 amide bonds. The van der Waals surface area contributed by atoms with Crippen molar-refractivity contribution in [2.45, 2.75) is 26.3 Å². The molecule has 0 spiro atoms. The number of hydrogen-bond acceptors (Lipinski definition) is 4. The normalized spacial score (nSPS) is 22.1. The molecular formula is C14H21BrClN3O2S. The number of rotatable bonds is 4. The van der Waals surface area contributed by atoms with Crippen molar-refractivity contribution >= 4 is 51.5 Å². The van der Waals surface area contributed by atoms with Crippen LogP contribution in [0, 0.1) is 5.41 Å². The van der Waals surface area contributed by atoms with Gasteiger partial charge in [-0.05, 0) is 53.4 Å². The molecule has 1 aromatic heterocycles. The van der Waals surface area contributed by atoms with Gasteiger partial charge in [-0.1, -0.05) is 6.92 Å². The molecule has 22 heavy (non-hydrogen) atoms. The molecule has 8 heteroatoms. The van der Waals surface area contributed by atoms with Gasteiger partial charge in [0.25, 0.3) is 5.91 Å². The monoisotopic (exact) mass is 409 g/mol. The Morgan fingerprint density at radius 3 is 2.73 bits per heavy atom. The van der Waals surface area contributed by atoms with Crippen molar-refractivity contribution in [1.82, 2.24) is 10.2 Å². The van der Waals surface area contributed by atoms with E-state index in [0.717, 1.165) is 10.2 Å². The van der Waals surface area contributed by atoms with Gasteiger partial charge in [-0.25, -0.2) is 0 Å². The minimum atomic E-state index is -0.529. The van der Waals surface area contributed by atoms with E-state index in [4.69, 9.17) is 5.73 Å². The van der Waals surface area contributed by atoms with Crippen LogP contribution in [0.2, 0.25) is 0 Å². The molecule has 2 atom stereocenters. The molecule has 1 aromatic rings.